The first-order valence-corrected chi connectivity index (χ1v) is 11.2. The molecule has 4 aromatic rings. The molecule has 0 saturated heterocycles. The minimum Gasteiger partial charge on any atom is -0.453 e. The molecule has 30 heavy (non-hydrogen) atoms. The maximum absolute atomic E-state index is 13.1. The van der Waals surface area contributed by atoms with E-state index < -0.39 is 10.0 Å². The second-order valence-electron chi connectivity index (χ2n) is 6.22. The average Bonchev–Trinajstić information content (AvgIpc) is 3.24. The third-order valence-corrected chi connectivity index (χ3v) is 6.16. The van der Waals surface area contributed by atoms with E-state index in [0.29, 0.717) is 11.5 Å². The van der Waals surface area contributed by atoms with E-state index in [9.17, 15) is 8.42 Å². The van der Waals surface area contributed by atoms with E-state index in [-0.39, 0.29) is 21.5 Å². The van der Waals surface area contributed by atoms with Crippen LogP contribution in [-0.2, 0) is 10.0 Å². The molecule has 152 valence electrons. The van der Waals surface area contributed by atoms with Crippen LogP contribution in [0.25, 0.3) is 0 Å². The molecule has 1 aromatic heterocycles. The van der Waals surface area contributed by atoms with Crippen molar-refractivity contribution in [3.8, 4) is 23.0 Å². The highest BCUT2D eigenvalue weighted by atomic mass is 32.2. The van der Waals surface area contributed by atoms with E-state index in [2.05, 4.69) is 14.1 Å². The number of rotatable bonds is 7. The van der Waals surface area contributed by atoms with Gasteiger partial charge in [-0.15, -0.1) is 0 Å². The molecule has 3 aromatic carbocycles. The van der Waals surface area contributed by atoms with Gasteiger partial charge in [0.2, 0.25) is 5.13 Å². The molecule has 7 nitrogen and oxygen atoms in total. The van der Waals surface area contributed by atoms with Gasteiger partial charge in [-0.3, -0.25) is 4.72 Å². The third-order valence-electron chi connectivity index (χ3n) is 4.09. The Morgan fingerprint density at radius 2 is 1.60 bits per heavy atom. The van der Waals surface area contributed by atoms with Crippen LogP contribution >= 0.6 is 11.5 Å². The number of aryl methyl sites for hydroxylation is 1. The average molecular weight is 440 g/mol. The van der Waals surface area contributed by atoms with Crippen LogP contribution in [0.5, 0.6) is 23.0 Å². The molecule has 0 aliphatic heterocycles. The van der Waals surface area contributed by atoms with Crippen molar-refractivity contribution in [2.45, 2.75) is 11.8 Å². The van der Waals surface area contributed by atoms with Gasteiger partial charge in [0.25, 0.3) is 10.0 Å². The van der Waals surface area contributed by atoms with E-state index in [1.54, 1.807) is 36.4 Å². The number of benzene rings is 3. The smallest absolute Gasteiger partial charge is 0.267 e. The number of ether oxygens (including phenoxy) is 2. The number of hydrogen-bond acceptors (Lipinski definition) is 7. The van der Waals surface area contributed by atoms with Gasteiger partial charge in [-0.25, -0.2) is 13.4 Å². The Bertz CT molecular complexity index is 1240. The van der Waals surface area contributed by atoms with Crippen molar-refractivity contribution >= 4 is 26.7 Å². The Balaban J connectivity index is 1.80. The molecule has 0 spiro atoms. The maximum atomic E-state index is 13.1. The molecule has 0 atom stereocenters. The van der Waals surface area contributed by atoms with Crippen LogP contribution in [0.15, 0.2) is 84.0 Å². The third kappa shape index (κ3) is 4.42. The molecule has 0 aliphatic carbocycles. The van der Waals surface area contributed by atoms with Crippen LogP contribution in [0.3, 0.4) is 0 Å². The largest absolute Gasteiger partial charge is 0.453 e. The molecule has 0 amide bonds. The fourth-order valence-electron chi connectivity index (χ4n) is 2.67. The summed E-state index contributed by atoms with van der Waals surface area (Å²) >= 11 is 0.940. The second-order valence-corrected chi connectivity index (χ2v) is 8.65. The molecule has 0 fully saturated rings. The van der Waals surface area contributed by atoms with E-state index in [1.807, 2.05) is 37.3 Å². The normalized spacial score (nSPS) is 11.1. The molecule has 0 bridgehead atoms. The molecule has 0 saturated carbocycles. The van der Waals surface area contributed by atoms with Crippen LogP contribution in [0.1, 0.15) is 5.56 Å². The van der Waals surface area contributed by atoms with Gasteiger partial charge in [0, 0.05) is 11.5 Å². The Labute approximate surface area is 178 Å². The highest BCUT2D eigenvalue weighted by Gasteiger charge is 2.25. The number of hydrogen-bond donors (Lipinski definition) is 1. The SMILES string of the molecule is Cc1ccccc1Oc1cccc(S(=O)(=O)Nc2ncns2)c1Oc1ccccc1. The van der Waals surface area contributed by atoms with Crippen LogP contribution < -0.4 is 14.2 Å². The van der Waals surface area contributed by atoms with Gasteiger partial charge in [0.1, 0.15) is 22.7 Å². The molecule has 1 N–H and O–H groups in total. The van der Waals surface area contributed by atoms with Crippen LogP contribution in [0.2, 0.25) is 0 Å². The lowest BCUT2D eigenvalue weighted by molar-refractivity contribution is 0.407. The lowest BCUT2D eigenvalue weighted by Crippen LogP contribution is -2.14. The quantitative estimate of drug-likeness (QED) is 0.424. The summed E-state index contributed by atoms with van der Waals surface area (Å²) < 4.78 is 44.4. The lowest BCUT2D eigenvalue weighted by atomic mass is 10.2. The summed E-state index contributed by atoms with van der Waals surface area (Å²) in [5.41, 5.74) is 0.906. The number of sulfonamides is 1. The summed E-state index contributed by atoms with van der Waals surface area (Å²) in [6.07, 6.45) is 1.28. The molecule has 4 rings (SSSR count). The van der Waals surface area contributed by atoms with Crippen molar-refractivity contribution < 1.29 is 17.9 Å². The Morgan fingerprint density at radius 3 is 2.33 bits per heavy atom. The first-order chi connectivity index (χ1) is 14.5. The Hall–Kier alpha value is -3.43. The molecule has 0 aliphatic rings. The van der Waals surface area contributed by atoms with E-state index in [0.717, 1.165) is 17.1 Å². The highest BCUT2D eigenvalue weighted by molar-refractivity contribution is 7.93. The summed E-state index contributed by atoms with van der Waals surface area (Å²) in [4.78, 5) is 3.81. The monoisotopic (exact) mass is 439 g/mol. The summed E-state index contributed by atoms with van der Waals surface area (Å²) in [6, 6.07) is 21.1. The van der Waals surface area contributed by atoms with Crippen molar-refractivity contribution in [3.63, 3.8) is 0 Å². The van der Waals surface area contributed by atoms with Gasteiger partial charge >= 0.3 is 0 Å². The van der Waals surface area contributed by atoms with Crippen molar-refractivity contribution in [2.75, 3.05) is 4.72 Å². The first-order valence-electron chi connectivity index (χ1n) is 8.92. The van der Waals surface area contributed by atoms with E-state index in [1.165, 1.54) is 12.4 Å². The van der Waals surface area contributed by atoms with Gasteiger partial charge in [0.05, 0.1) is 0 Å². The highest BCUT2D eigenvalue weighted by Crippen LogP contribution is 2.41. The van der Waals surface area contributed by atoms with Gasteiger partial charge in [-0.1, -0.05) is 42.5 Å². The second kappa shape index (κ2) is 8.52. The van der Waals surface area contributed by atoms with Crippen molar-refractivity contribution in [3.05, 3.63) is 84.7 Å². The minimum absolute atomic E-state index is 0.0731. The fraction of sp³-hybridized carbons (Fsp3) is 0.0476. The number of para-hydroxylation sites is 3. The van der Waals surface area contributed by atoms with Gasteiger partial charge < -0.3 is 9.47 Å². The Kier molecular flexibility index (Phi) is 5.64. The number of nitrogens with one attached hydrogen (secondary N) is 1. The Morgan fingerprint density at radius 1 is 0.867 bits per heavy atom. The zero-order valence-corrected chi connectivity index (χ0v) is 17.5. The molecular weight excluding hydrogens is 422 g/mol. The first kappa shape index (κ1) is 19.9. The molecular formula is C21H17N3O4S2. The van der Waals surface area contributed by atoms with Crippen molar-refractivity contribution in [1.82, 2.24) is 9.36 Å². The van der Waals surface area contributed by atoms with Crippen molar-refractivity contribution in [2.24, 2.45) is 0 Å². The standard InChI is InChI=1S/C21H17N3O4S2/c1-15-8-5-6-11-17(15)28-18-12-7-13-19(20(18)27-16-9-3-2-4-10-16)30(25,26)24-21-22-14-23-29-21/h2-14H,1H3,(H,22,23,24). The van der Waals surface area contributed by atoms with Crippen molar-refractivity contribution in [1.29, 1.82) is 0 Å². The predicted molar refractivity (Wildman–Crippen MR) is 115 cm³/mol. The summed E-state index contributed by atoms with van der Waals surface area (Å²) in [6.45, 7) is 1.91. The van der Waals surface area contributed by atoms with Crippen LogP contribution in [-0.4, -0.2) is 17.8 Å². The van der Waals surface area contributed by atoms with Gasteiger partial charge in [-0.2, -0.15) is 4.37 Å². The van der Waals surface area contributed by atoms with Gasteiger partial charge in [0.15, 0.2) is 11.5 Å². The molecule has 9 heteroatoms. The zero-order valence-electron chi connectivity index (χ0n) is 15.8. The summed E-state index contributed by atoms with van der Waals surface area (Å²) in [5.74, 6) is 1.42. The predicted octanol–water partition coefficient (Wildman–Crippen LogP) is 5.23. The van der Waals surface area contributed by atoms with Gasteiger partial charge in [-0.05, 0) is 42.8 Å². The topological polar surface area (TPSA) is 90.4 Å². The fourth-order valence-corrected chi connectivity index (χ4v) is 4.48. The van der Waals surface area contributed by atoms with E-state index >= 15 is 0 Å². The van der Waals surface area contributed by atoms with Crippen LogP contribution in [0, 0.1) is 6.92 Å². The van der Waals surface area contributed by atoms with E-state index in [4.69, 9.17) is 9.47 Å². The maximum Gasteiger partial charge on any atom is 0.267 e. The molecule has 0 radical (unpaired) electrons. The number of nitrogens with zero attached hydrogens (tertiary/aromatic N) is 2. The molecule has 0 unspecified atom stereocenters. The lowest BCUT2D eigenvalue weighted by Gasteiger charge is -2.17. The minimum atomic E-state index is -4.01. The number of aromatic nitrogens is 2. The number of anilines is 1. The zero-order chi connectivity index (χ0) is 21.0. The van der Waals surface area contributed by atoms with Crippen LogP contribution in [0.4, 0.5) is 5.13 Å². The summed E-state index contributed by atoms with van der Waals surface area (Å²) in [7, 11) is -4.01. The summed E-state index contributed by atoms with van der Waals surface area (Å²) in [5, 5.41) is 0.158. The molecule has 1 heterocycles.